The third kappa shape index (κ3) is 19.9. The average molecular weight is 1840 g/mol. The van der Waals surface area contributed by atoms with E-state index in [1.165, 1.54) is 23.9 Å². The van der Waals surface area contributed by atoms with Crippen molar-refractivity contribution in [3.8, 4) is 11.5 Å². The number of thioether (sulfide) groups is 1. The van der Waals surface area contributed by atoms with Crippen LogP contribution < -0.4 is 9.47 Å². The van der Waals surface area contributed by atoms with Gasteiger partial charge in [-0.25, -0.2) is 9.59 Å². The summed E-state index contributed by atoms with van der Waals surface area (Å²) in [5, 5.41) is 13.1. The van der Waals surface area contributed by atoms with Gasteiger partial charge in [-0.1, -0.05) is 236 Å². The minimum Gasteiger partial charge on any atom is -0.497 e. The van der Waals surface area contributed by atoms with Gasteiger partial charge < -0.3 is 95.1 Å². The van der Waals surface area contributed by atoms with Crippen LogP contribution in [0.4, 0.5) is 0 Å². The third-order valence-corrected chi connectivity index (χ3v) is 26.0. The number of esters is 2. The smallest absolute Gasteiger partial charge is 0.338 e. The maximum atomic E-state index is 16.3. The normalized spacial score (nSPS) is 28.2. The van der Waals surface area contributed by atoms with E-state index in [0.29, 0.717) is 44.2 Å². The predicted molar refractivity (Wildman–Crippen MR) is 480 cm³/mol. The second-order valence-corrected chi connectivity index (χ2v) is 34.7. The maximum absolute atomic E-state index is 16.3. The minimum atomic E-state index is -1.99. The summed E-state index contributed by atoms with van der Waals surface area (Å²) >= 11 is 1.24. The van der Waals surface area contributed by atoms with Crippen LogP contribution in [0.3, 0.4) is 0 Å². The van der Waals surface area contributed by atoms with Crippen molar-refractivity contribution in [1.82, 2.24) is 9.80 Å². The van der Waals surface area contributed by atoms with Crippen molar-refractivity contribution in [3.05, 3.63) is 376 Å². The van der Waals surface area contributed by atoms with E-state index in [1.807, 2.05) is 153 Å². The van der Waals surface area contributed by atoms with Crippen molar-refractivity contribution in [1.29, 1.82) is 0 Å². The van der Waals surface area contributed by atoms with Gasteiger partial charge in [-0.3, -0.25) is 29.0 Å². The highest BCUT2D eigenvalue weighted by Gasteiger charge is 2.64. The molecule has 8 aliphatic rings. The zero-order valence-corrected chi connectivity index (χ0v) is 74.0. The number of carbonyl (C=O) groups excluding carboxylic acids is 6. The SMILES string of the molecule is COc1ccc(COCC2OC(OC3C4OC(c5ccccc5)OCC4OC(OC4C(COCc5ccc(OC)cc5)OC(OC5C6OC(c7ccccc7)OCC6OC(Sc6ccc(C)cc6)C5N5C(=O)c6ccccc6C5=O)C(OC(=O)c5ccccc5)C4OCc4ccccc4)C3N3C(=O)c4ccccc4C3=O)C(OC(=O)c3ccccc3)C(OCc3ccccc3)C2O)cc1. The number of hydrogen-bond donors (Lipinski definition) is 1. The summed E-state index contributed by atoms with van der Waals surface area (Å²) < 4.78 is 133. The minimum absolute atomic E-state index is 0.0110. The van der Waals surface area contributed by atoms with Crippen LogP contribution >= 0.6 is 11.8 Å². The molecule has 0 bridgehead atoms. The Morgan fingerprint density at radius 1 is 0.373 bits per heavy atom. The van der Waals surface area contributed by atoms with E-state index < -0.39 is 177 Å². The first kappa shape index (κ1) is 91.1. The summed E-state index contributed by atoms with van der Waals surface area (Å²) in [6.45, 7) is 0.276. The number of rotatable bonds is 32. The molecule has 22 atom stereocenters. The Balaban J connectivity index is 0.782. The van der Waals surface area contributed by atoms with Crippen molar-refractivity contribution in [2.24, 2.45) is 0 Å². The molecule has 11 aromatic rings. The first-order valence-electron chi connectivity index (χ1n) is 44.5. The molecule has 8 heterocycles. The maximum Gasteiger partial charge on any atom is 0.338 e. The summed E-state index contributed by atoms with van der Waals surface area (Å²) in [4.78, 5) is 97.9. The Morgan fingerprint density at radius 2 is 0.754 bits per heavy atom. The Labute approximate surface area is 777 Å². The summed E-state index contributed by atoms with van der Waals surface area (Å²) in [6, 6.07) is 84.5. The Hall–Kier alpha value is -12.1. The molecule has 6 fully saturated rings. The van der Waals surface area contributed by atoms with Crippen LogP contribution in [-0.2, 0) is 107 Å². The van der Waals surface area contributed by atoms with Crippen molar-refractivity contribution < 1.29 is 124 Å². The van der Waals surface area contributed by atoms with Gasteiger partial charge in [0.25, 0.3) is 23.6 Å². The number of methoxy groups -OCH3 is 2. The van der Waals surface area contributed by atoms with Gasteiger partial charge in [-0.2, -0.15) is 0 Å². The zero-order valence-electron chi connectivity index (χ0n) is 73.2. The lowest BCUT2D eigenvalue weighted by Crippen LogP contribution is -2.72. The number of nitrogens with zero attached hydrogens (tertiary/aromatic N) is 2. The largest absolute Gasteiger partial charge is 0.497 e. The molecule has 8 aliphatic heterocycles. The number of hydrogen-bond acceptors (Lipinski definition) is 27. The Morgan fingerprint density at radius 3 is 1.22 bits per heavy atom. The fraction of sp³-hybridized carbons (Fsp3) is 0.314. The number of fused-ring (bicyclic) bond motifs is 4. The number of carbonyl (C=O) groups is 6. The second-order valence-electron chi connectivity index (χ2n) is 33.5. The summed E-state index contributed by atoms with van der Waals surface area (Å²) in [5.74, 6) is -3.61. The molecule has 28 nitrogen and oxygen atoms in total. The van der Waals surface area contributed by atoms with E-state index in [-0.39, 0.29) is 79.6 Å². The van der Waals surface area contributed by atoms with Gasteiger partial charge in [-0.15, -0.1) is 0 Å². The van der Waals surface area contributed by atoms with Crippen LogP contribution in [0.25, 0.3) is 0 Å². The summed E-state index contributed by atoms with van der Waals surface area (Å²) in [7, 11) is 3.11. The lowest BCUT2D eigenvalue weighted by Gasteiger charge is -2.55. The molecule has 29 heteroatoms. The highest BCUT2D eigenvalue weighted by atomic mass is 32.2. The van der Waals surface area contributed by atoms with Gasteiger partial charge in [-0.05, 0) is 114 Å². The first-order chi connectivity index (χ1) is 65.6. The van der Waals surface area contributed by atoms with Crippen LogP contribution in [0.1, 0.15) is 114 Å². The molecule has 11 aromatic carbocycles. The number of aliphatic hydroxyl groups excluding tert-OH is 1. The number of amides is 4. The fourth-order valence-corrected chi connectivity index (χ4v) is 19.2. The fourth-order valence-electron chi connectivity index (χ4n) is 18.1. The van der Waals surface area contributed by atoms with E-state index in [4.69, 9.17) is 90.0 Å². The van der Waals surface area contributed by atoms with E-state index >= 15 is 28.8 Å². The van der Waals surface area contributed by atoms with Crippen LogP contribution in [0.2, 0.25) is 0 Å². The van der Waals surface area contributed by atoms with E-state index in [1.54, 1.807) is 160 Å². The summed E-state index contributed by atoms with van der Waals surface area (Å²) in [5.41, 5.74) is 4.05. The monoisotopic (exact) mass is 1830 g/mol. The Bertz CT molecular complexity index is 5780. The molecular formula is C105H98N2O26S. The molecule has 134 heavy (non-hydrogen) atoms. The van der Waals surface area contributed by atoms with Gasteiger partial charge in [0.2, 0.25) is 0 Å². The lowest BCUT2D eigenvalue weighted by atomic mass is 9.92. The topological polar surface area (TPSA) is 304 Å². The number of aliphatic hydroxyl groups is 1. The first-order valence-corrected chi connectivity index (χ1v) is 45.4. The number of ether oxygens (including phenoxy) is 19. The van der Waals surface area contributed by atoms with Crippen molar-refractivity contribution in [2.45, 2.75) is 173 Å². The molecule has 0 aromatic heterocycles. The van der Waals surface area contributed by atoms with Crippen molar-refractivity contribution in [3.63, 3.8) is 0 Å². The van der Waals surface area contributed by atoms with Gasteiger partial charge in [0.1, 0.15) is 102 Å². The van der Waals surface area contributed by atoms with Crippen LogP contribution in [-0.4, -0.2) is 213 Å². The van der Waals surface area contributed by atoms with E-state index in [0.717, 1.165) is 20.9 Å². The van der Waals surface area contributed by atoms with Gasteiger partial charge in [0.05, 0.1) is 100 Å². The average Bonchev–Trinajstić information content (AvgIpc) is 1.49. The van der Waals surface area contributed by atoms with E-state index in [2.05, 4.69) is 0 Å². The predicted octanol–water partition coefficient (Wildman–Crippen LogP) is 14.1. The van der Waals surface area contributed by atoms with Crippen LogP contribution in [0.5, 0.6) is 11.5 Å². The van der Waals surface area contributed by atoms with Crippen LogP contribution in [0, 0.1) is 6.92 Å². The Kier molecular flexibility index (Phi) is 28.4. The molecule has 1 N–H and O–H groups in total. The highest BCUT2D eigenvalue weighted by molar-refractivity contribution is 7.99. The molecule has 690 valence electrons. The van der Waals surface area contributed by atoms with Crippen LogP contribution in [0.15, 0.2) is 308 Å². The number of benzene rings is 11. The molecule has 0 aliphatic carbocycles. The standard InChI is InChI=1S/C105H98N2O26S/c1-62-42-52-73(53-43-62)134-105-83(107-96(111)76-40-24-25-41-77(76)97(107)112)89(86-81(126-105)61-122-101(130-86)70-36-20-9-21-37-70)133-104-93(128-99(114)68-32-16-7-17-33-68)91(120-57-64-28-12-5-13-29-64)87(79(125-104)59-118-55-66-46-50-72(116-3)51-47-66)131-102-82(106-94(109)74-38-22-23-39-75(74)95(106)110)88(85-80(124-102)60-121-100(129-85)69-34-18-8-19-35-69)132-103-92(127-98(113)67-30-14-6-15-31-67)90(119-56-63-26-10-4-11-27-63)84(108)78(123-103)58-117-54-65-44-48-71(115-2)49-45-65/h4-53,78-93,100-105,108H,54-61H2,1-3H3. The van der Waals surface area contributed by atoms with Gasteiger partial charge in [0.15, 0.2) is 43.7 Å². The second kappa shape index (κ2) is 41.8. The molecule has 0 saturated carbocycles. The molecule has 22 unspecified atom stereocenters. The highest BCUT2D eigenvalue weighted by Crippen LogP contribution is 2.49. The summed E-state index contributed by atoms with van der Waals surface area (Å²) in [6.07, 6.45) is -29.4. The molecule has 6 saturated heterocycles. The zero-order chi connectivity index (χ0) is 91.7. The van der Waals surface area contributed by atoms with Crippen molar-refractivity contribution in [2.75, 3.05) is 40.6 Å². The van der Waals surface area contributed by atoms with Gasteiger partial charge in [0, 0.05) is 16.0 Å². The van der Waals surface area contributed by atoms with Crippen molar-refractivity contribution >= 4 is 47.3 Å². The van der Waals surface area contributed by atoms with E-state index in [9.17, 15) is 5.11 Å². The molecular weight excluding hydrogens is 1740 g/mol. The molecule has 0 spiro atoms. The third-order valence-electron chi connectivity index (χ3n) is 24.9. The molecule has 19 rings (SSSR count). The molecule has 4 amide bonds. The number of aryl methyl sites for hydroxylation is 1. The van der Waals surface area contributed by atoms with Gasteiger partial charge >= 0.3 is 11.9 Å². The lowest BCUT2D eigenvalue weighted by molar-refractivity contribution is -0.402. The molecule has 0 radical (unpaired) electrons. The quantitative estimate of drug-likeness (QED) is 0.0302. The number of imide groups is 2.